The molecule has 0 amide bonds. The van der Waals surface area contributed by atoms with Crippen LogP contribution in [-0.2, 0) is 28.6 Å². The van der Waals surface area contributed by atoms with Gasteiger partial charge in [0.2, 0.25) is 0 Å². The molecular formula is C18H27Br4NO6. The molecule has 1 heterocycles. The zero-order chi connectivity index (χ0) is 22.2. The fourth-order valence-electron chi connectivity index (χ4n) is 3.00. The van der Waals surface area contributed by atoms with Crippen LogP contribution in [0.4, 0.5) is 0 Å². The lowest BCUT2D eigenvalue weighted by atomic mass is 9.82. The van der Waals surface area contributed by atoms with Gasteiger partial charge in [-0.25, -0.2) is 9.59 Å². The molecule has 0 unspecified atom stereocenters. The summed E-state index contributed by atoms with van der Waals surface area (Å²) in [5.74, 6) is -1.52. The van der Waals surface area contributed by atoms with Crippen molar-refractivity contribution in [2.75, 3.05) is 26.3 Å². The molecule has 1 N–H and O–H groups in total. The summed E-state index contributed by atoms with van der Waals surface area (Å²) in [7, 11) is 0. The molecule has 0 bridgehead atoms. The van der Waals surface area contributed by atoms with E-state index in [1.165, 1.54) is 0 Å². The van der Waals surface area contributed by atoms with Gasteiger partial charge in [-0.05, 0) is 46.2 Å². The molecule has 0 saturated carbocycles. The van der Waals surface area contributed by atoms with Gasteiger partial charge in [0, 0.05) is 5.92 Å². The zero-order valence-corrected chi connectivity index (χ0v) is 23.0. The summed E-state index contributed by atoms with van der Waals surface area (Å²) in [6.45, 7) is 6.75. The lowest BCUT2D eigenvalue weighted by Gasteiger charge is -2.40. The second-order valence-corrected chi connectivity index (χ2v) is 13.6. The molecular weight excluding hydrogens is 646 g/mol. The third-order valence-corrected chi connectivity index (χ3v) is 6.62. The van der Waals surface area contributed by atoms with E-state index in [1.807, 2.05) is 13.8 Å². The molecule has 1 saturated heterocycles. The van der Waals surface area contributed by atoms with E-state index >= 15 is 0 Å². The Balaban J connectivity index is 3.00. The Morgan fingerprint density at radius 3 is 1.79 bits per heavy atom. The van der Waals surface area contributed by atoms with Gasteiger partial charge in [0.1, 0.15) is 24.2 Å². The number of carbonyl (C=O) groups is 3. The first-order valence-electron chi connectivity index (χ1n) is 9.29. The third kappa shape index (κ3) is 8.38. The van der Waals surface area contributed by atoms with E-state index in [1.54, 1.807) is 6.92 Å². The lowest BCUT2D eigenvalue weighted by molar-refractivity contribution is -0.186. The lowest BCUT2D eigenvalue weighted by Crippen LogP contribution is -2.49. The molecule has 29 heavy (non-hydrogen) atoms. The Hall–Kier alpha value is 0.290. The molecule has 0 aromatic heterocycles. The number of halogens is 4. The summed E-state index contributed by atoms with van der Waals surface area (Å²) in [5.41, 5.74) is -2.01. The fraction of sp³-hybridized carbons (Fsp3) is 0.833. The van der Waals surface area contributed by atoms with Crippen molar-refractivity contribution in [3.05, 3.63) is 0 Å². The summed E-state index contributed by atoms with van der Waals surface area (Å²) in [4.78, 5) is 37.1. The molecule has 7 nitrogen and oxygen atoms in total. The van der Waals surface area contributed by atoms with Gasteiger partial charge in [-0.3, -0.25) is 4.79 Å². The van der Waals surface area contributed by atoms with E-state index in [9.17, 15) is 14.4 Å². The van der Waals surface area contributed by atoms with Crippen LogP contribution in [0.5, 0.6) is 0 Å². The Morgan fingerprint density at radius 2 is 1.41 bits per heavy atom. The van der Waals surface area contributed by atoms with Crippen LogP contribution in [-0.4, -0.2) is 57.3 Å². The molecule has 0 aliphatic carbocycles. The highest BCUT2D eigenvalue weighted by Gasteiger charge is 2.46. The predicted molar refractivity (Wildman–Crippen MR) is 124 cm³/mol. The molecule has 1 aliphatic rings. The number of hydrogen-bond donors (Lipinski definition) is 1. The van der Waals surface area contributed by atoms with Gasteiger partial charge in [-0.1, -0.05) is 70.6 Å². The molecule has 11 heteroatoms. The fourth-order valence-corrected chi connectivity index (χ4v) is 3.53. The average Bonchev–Trinajstić information content (AvgIpc) is 2.68. The van der Waals surface area contributed by atoms with Crippen molar-refractivity contribution in [1.82, 2.24) is 5.32 Å². The number of hydrogen-bond acceptors (Lipinski definition) is 7. The largest absolute Gasteiger partial charge is 0.463 e. The number of nitrogens with one attached hydrogen (secondary N) is 1. The minimum Gasteiger partial charge on any atom is -0.463 e. The Morgan fingerprint density at radius 1 is 0.966 bits per heavy atom. The highest BCUT2D eigenvalue weighted by Crippen LogP contribution is 2.34. The molecule has 1 fully saturated rings. The van der Waals surface area contributed by atoms with Crippen LogP contribution < -0.4 is 5.32 Å². The maximum atomic E-state index is 13.3. The van der Waals surface area contributed by atoms with Crippen molar-refractivity contribution in [1.29, 1.82) is 0 Å². The van der Waals surface area contributed by atoms with E-state index in [-0.39, 0.29) is 25.6 Å². The first-order chi connectivity index (χ1) is 13.4. The van der Waals surface area contributed by atoms with Crippen molar-refractivity contribution in [3.8, 4) is 0 Å². The Kier molecular flexibility index (Phi) is 11.6. The summed E-state index contributed by atoms with van der Waals surface area (Å²) in [6, 6.07) is 0. The molecule has 168 valence electrons. The normalized spacial score (nSPS) is 16.0. The first kappa shape index (κ1) is 27.3. The van der Waals surface area contributed by atoms with Crippen LogP contribution in [0.3, 0.4) is 0 Å². The van der Waals surface area contributed by atoms with Gasteiger partial charge in [-0.2, -0.15) is 0 Å². The van der Waals surface area contributed by atoms with Crippen LogP contribution in [0.1, 0.15) is 40.0 Å². The van der Waals surface area contributed by atoms with E-state index < -0.39 is 36.4 Å². The number of rotatable bonds is 10. The minimum atomic E-state index is -1.31. The van der Waals surface area contributed by atoms with Crippen molar-refractivity contribution >= 4 is 81.6 Å². The molecule has 1 rings (SSSR count). The number of carbonyl (C=O) groups excluding carboxylic acids is 3. The SMILES string of the molecule is CCC(COC(=O)C(Br)Br)(COC(=O)C(Br)Br)C(=O)OC(C)(C)C1CCNCC1. The average molecular weight is 673 g/mol. The standard InChI is InChI=1S/C18H27Br4NO6/c1-4-18(9-27-14(24)12(19)20,10-28-15(25)13(21)22)16(26)29-17(2,3)11-5-7-23-8-6-11/h11-13,23H,4-10H2,1-3H3. The van der Waals surface area contributed by atoms with Gasteiger partial charge < -0.3 is 19.5 Å². The van der Waals surface area contributed by atoms with Gasteiger partial charge in [-0.15, -0.1) is 0 Å². The maximum absolute atomic E-state index is 13.3. The van der Waals surface area contributed by atoms with Crippen molar-refractivity contribution in [2.24, 2.45) is 11.3 Å². The summed E-state index contributed by atoms with van der Waals surface area (Å²) in [5, 5.41) is 3.29. The smallest absolute Gasteiger partial charge is 0.330 e. The molecule has 0 aromatic carbocycles. The Bertz CT molecular complexity index is 555. The quantitative estimate of drug-likeness (QED) is 0.213. The molecule has 0 spiro atoms. The van der Waals surface area contributed by atoms with Crippen LogP contribution in [0.25, 0.3) is 0 Å². The van der Waals surface area contributed by atoms with Gasteiger partial charge in [0.15, 0.2) is 7.47 Å². The van der Waals surface area contributed by atoms with E-state index in [4.69, 9.17) is 14.2 Å². The van der Waals surface area contributed by atoms with Crippen molar-refractivity contribution in [3.63, 3.8) is 0 Å². The molecule has 1 aliphatic heterocycles. The second-order valence-electron chi connectivity index (χ2n) is 7.47. The van der Waals surface area contributed by atoms with E-state index in [0.717, 1.165) is 25.9 Å². The predicted octanol–water partition coefficient (Wildman–Crippen LogP) is 4.02. The topological polar surface area (TPSA) is 90.9 Å². The number of alkyl halides is 4. The van der Waals surface area contributed by atoms with Gasteiger partial charge in [0.25, 0.3) is 0 Å². The van der Waals surface area contributed by atoms with Crippen LogP contribution >= 0.6 is 63.7 Å². The molecule has 0 radical (unpaired) electrons. The van der Waals surface area contributed by atoms with E-state index in [0.29, 0.717) is 0 Å². The summed E-state index contributed by atoms with van der Waals surface area (Å²) < 4.78 is 15.1. The zero-order valence-electron chi connectivity index (χ0n) is 16.6. The van der Waals surface area contributed by atoms with Gasteiger partial charge in [0.05, 0.1) is 0 Å². The Labute approximate surface area is 205 Å². The number of esters is 3. The molecule has 0 aromatic rings. The monoisotopic (exact) mass is 669 g/mol. The van der Waals surface area contributed by atoms with Crippen LogP contribution in [0.15, 0.2) is 0 Å². The third-order valence-electron chi connectivity index (χ3n) is 5.13. The number of ether oxygens (including phenoxy) is 3. The van der Waals surface area contributed by atoms with Gasteiger partial charge >= 0.3 is 17.9 Å². The second kappa shape index (κ2) is 12.4. The maximum Gasteiger partial charge on any atom is 0.330 e. The summed E-state index contributed by atoms with van der Waals surface area (Å²) in [6.07, 6.45) is 2.05. The molecule has 0 atom stereocenters. The van der Waals surface area contributed by atoms with Crippen molar-refractivity contribution in [2.45, 2.75) is 53.1 Å². The van der Waals surface area contributed by atoms with Crippen LogP contribution in [0, 0.1) is 11.3 Å². The van der Waals surface area contributed by atoms with E-state index in [2.05, 4.69) is 69.0 Å². The highest BCUT2D eigenvalue weighted by atomic mass is 79.9. The van der Waals surface area contributed by atoms with Crippen LogP contribution in [0.2, 0.25) is 0 Å². The summed E-state index contributed by atoms with van der Waals surface area (Å²) >= 11 is 12.3. The highest BCUT2D eigenvalue weighted by molar-refractivity contribution is 9.25. The minimum absolute atomic E-state index is 0.205. The first-order valence-corrected chi connectivity index (χ1v) is 12.9. The van der Waals surface area contributed by atoms with Crippen molar-refractivity contribution < 1.29 is 28.6 Å². The number of piperidine rings is 1.